The lowest BCUT2D eigenvalue weighted by molar-refractivity contribution is -0.124. The molecule has 0 saturated carbocycles. The lowest BCUT2D eigenvalue weighted by Gasteiger charge is -2.09. The minimum Gasteiger partial charge on any atom is -0.305 e. The number of nitrogens with zero attached hydrogens (tertiary/aromatic N) is 4. The first kappa shape index (κ1) is 19.5. The van der Waals surface area contributed by atoms with Crippen LogP contribution < -0.4 is 5.48 Å². The highest BCUT2D eigenvalue weighted by atomic mass is 16.5. The highest BCUT2D eigenvalue weighted by Crippen LogP contribution is 2.18. The molecular formula is C21H23N5O2. The van der Waals surface area contributed by atoms with Crippen molar-refractivity contribution in [2.75, 3.05) is 14.1 Å². The number of nitrogens with one attached hydrogen (secondary N) is 1. The lowest BCUT2D eigenvalue weighted by Crippen LogP contribution is -2.14. The van der Waals surface area contributed by atoms with Gasteiger partial charge in [0, 0.05) is 18.2 Å². The molecule has 0 atom stereocenters. The van der Waals surface area contributed by atoms with Crippen LogP contribution in [0.15, 0.2) is 60.8 Å². The summed E-state index contributed by atoms with van der Waals surface area (Å²) in [4.78, 5) is 13.2. The number of hydrogen-bond acceptors (Lipinski definition) is 5. The summed E-state index contributed by atoms with van der Waals surface area (Å²) in [5.74, 6) is -0.567. The van der Waals surface area contributed by atoms with Crippen LogP contribution >= 0.6 is 0 Å². The summed E-state index contributed by atoms with van der Waals surface area (Å²) in [5.41, 5.74) is 6.57. The summed E-state index contributed by atoms with van der Waals surface area (Å²) >= 11 is 0. The third-order valence-electron chi connectivity index (χ3n) is 4.12. The van der Waals surface area contributed by atoms with Crippen LogP contribution in [-0.4, -0.2) is 45.1 Å². The Morgan fingerprint density at radius 3 is 2.68 bits per heavy atom. The maximum Gasteiger partial charge on any atom is 0.267 e. The van der Waals surface area contributed by atoms with Gasteiger partial charge >= 0.3 is 0 Å². The highest BCUT2D eigenvalue weighted by Gasteiger charge is 2.05. The fourth-order valence-corrected chi connectivity index (χ4v) is 2.85. The summed E-state index contributed by atoms with van der Waals surface area (Å²) in [6, 6.07) is 16.1. The molecule has 7 heteroatoms. The number of rotatable bonds is 7. The minimum absolute atomic E-state index is 0.567. The molecular weight excluding hydrogens is 354 g/mol. The number of benzene rings is 2. The zero-order chi connectivity index (χ0) is 19.9. The van der Waals surface area contributed by atoms with Crippen LogP contribution in [-0.2, 0) is 17.9 Å². The molecule has 2 N–H and O–H groups in total. The molecule has 0 aliphatic heterocycles. The van der Waals surface area contributed by atoms with E-state index < -0.39 is 5.91 Å². The Labute approximate surface area is 163 Å². The van der Waals surface area contributed by atoms with Gasteiger partial charge in [0.25, 0.3) is 5.91 Å². The molecule has 3 rings (SSSR count). The predicted molar refractivity (Wildman–Crippen MR) is 107 cm³/mol. The zero-order valence-corrected chi connectivity index (χ0v) is 15.9. The predicted octanol–water partition coefficient (Wildman–Crippen LogP) is 2.57. The van der Waals surface area contributed by atoms with Crippen LogP contribution in [0.1, 0.15) is 16.7 Å². The Hall–Kier alpha value is -3.29. The van der Waals surface area contributed by atoms with Crippen molar-refractivity contribution in [2.45, 2.75) is 13.1 Å². The molecule has 7 nitrogen and oxygen atoms in total. The molecule has 3 aromatic rings. The zero-order valence-electron chi connectivity index (χ0n) is 15.9. The molecule has 1 heterocycles. The summed E-state index contributed by atoms with van der Waals surface area (Å²) in [7, 11) is 4.09. The largest absolute Gasteiger partial charge is 0.305 e. The van der Waals surface area contributed by atoms with Gasteiger partial charge in [-0.15, -0.1) is 5.10 Å². The summed E-state index contributed by atoms with van der Waals surface area (Å²) in [6.45, 7) is 1.47. The van der Waals surface area contributed by atoms with Crippen molar-refractivity contribution >= 4 is 12.0 Å². The van der Waals surface area contributed by atoms with Gasteiger partial charge in [0.15, 0.2) is 0 Å². The van der Waals surface area contributed by atoms with Crippen molar-refractivity contribution in [1.29, 1.82) is 0 Å². The molecule has 144 valence electrons. The van der Waals surface area contributed by atoms with E-state index in [0.717, 1.165) is 28.9 Å². The van der Waals surface area contributed by atoms with Gasteiger partial charge in [-0.05, 0) is 42.9 Å². The quantitative estimate of drug-likeness (QED) is 0.376. The first-order valence-corrected chi connectivity index (χ1v) is 8.89. The molecule has 0 unspecified atom stereocenters. The molecule has 0 fully saturated rings. The fourth-order valence-electron chi connectivity index (χ4n) is 2.85. The van der Waals surface area contributed by atoms with E-state index in [9.17, 15) is 4.79 Å². The van der Waals surface area contributed by atoms with Crippen LogP contribution in [0.2, 0.25) is 0 Å². The molecule has 0 spiro atoms. The molecule has 1 amide bonds. The fraction of sp³-hybridized carbons (Fsp3) is 0.190. The van der Waals surface area contributed by atoms with E-state index in [0.29, 0.717) is 6.54 Å². The van der Waals surface area contributed by atoms with Gasteiger partial charge < -0.3 is 4.90 Å². The number of carbonyl (C=O) groups excluding carboxylic acids is 1. The highest BCUT2D eigenvalue weighted by molar-refractivity contribution is 5.90. The third kappa shape index (κ3) is 5.35. The smallest absolute Gasteiger partial charge is 0.267 e. The van der Waals surface area contributed by atoms with E-state index in [2.05, 4.69) is 39.5 Å². The number of hydroxylamine groups is 1. The van der Waals surface area contributed by atoms with Crippen LogP contribution in [0.5, 0.6) is 0 Å². The van der Waals surface area contributed by atoms with Crippen molar-refractivity contribution in [3.63, 3.8) is 0 Å². The van der Waals surface area contributed by atoms with E-state index in [1.807, 2.05) is 44.6 Å². The van der Waals surface area contributed by atoms with Crippen molar-refractivity contribution < 1.29 is 10.0 Å². The Morgan fingerprint density at radius 2 is 1.96 bits per heavy atom. The van der Waals surface area contributed by atoms with Crippen molar-refractivity contribution in [2.24, 2.45) is 0 Å². The Balaban J connectivity index is 1.69. The van der Waals surface area contributed by atoms with Crippen molar-refractivity contribution in [3.8, 4) is 11.3 Å². The Kier molecular flexibility index (Phi) is 6.31. The second-order valence-electron chi connectivity index (χ2n) is 6.79. The van der Waals surface area contributed by atoms with Crippen molar-refractivity contribution in [1.82, 2.24) is 25.4 Å². The topological polar surface area (TPSA) is 83.3 Å². The number of carbonyl (C=O) groups is 1. The second kappa shape index (κ2) is 9.07. The SMILES string of the molecule is CN(C)Cc1ccc(-c2cn(Cc3cccc(/C=C/C(=O)NO)c3)nn2)cc1. The molecule has 0 bridgehead atoms. The average molecular weight is 377 g/mol. The normalized spacial score (nSPS) is 11.3. The van der Waals surface area contributed by atoms with E-state index in [1.54, 1.807) is 16.2 Å². The number of aromatic nitrogens is 3. The molecule has 2 aromatic carbocycles. The van der Waals surface area contributed by atoms with Gasteiger partial charge in [0.1, 0.15) is 5.69 Å². The minimum atomic E-state index is -0.567. The Bertz CT molecular complexity index is 961. The molecule has 0 radical (unpaired) electrons. The van der Waals surface area contributed by atoms with Gasteiger partial charge in [-0.25, -0.2) is 10.2 Å². The van der Waals surface area contributed by atoms with Gasteiger partial charge in [-0.2, -0.15) is 0 Å². The first-order chi connectivity index (χ1) is 13.5. The van der Waals surface area contributed by atoms with E-state index in [4.69, 9.17) is 5.21 Å². The maximum atomic E-state index is 11.1. The molecule has 0 saturated heterocycles. The van der Waals surface area contributed by atoms with E-state index in [-0.39, 0.29) is 0 Å². The van der Waals surface area contributed by atoms with Crippen LogP contribution in [0, 0.1) is 0 Å². The van der Waals surface area contributed by atoms with Crippen LogP contribution in [0.25, 0.3) is 17.3 Å². The number of hydrogen-bond donors (Lipinski definition) is 2. The van der Waals surface area contributed by atoms with E-state index in [1.165, 1.54) is 11.6 Å². The standard InChI is InChI=1S/C21H23N5O2/c1-25(2)13-17-6-9-19(10-7-17)20-15-26(24-22-20)14-18-5-3-4-16(12-18)8-11-21(27)23-28/h3-12,15,28H,13-14H2,1-2H3,(H,23,27)/b11-8+. The summed E-state index contributed by atoms with van der Waals surface area (Å²) in [6.07, 6.45) is 4.83. The van der Waals surface area contributed by atoms with Crippen molar-refractivity contribution in [3.05, 3.63) is 77.5 Å². The summed E-state index contributed by atoms with van der Waals surface area (Å²) < 4.78 is 1.78. The molecule has 1 aromatic heterocycles. The third-order valence-corrected chi connectivity index (χ3v) is 4.12. The molecule has 28 heavy (non-hydrogen) atoms. The number of amides is 1. The molecule has 0 aliphatic carbocycles. The van der Waals surface area contributed by atoms with Gasteiger partial charge in [-0.1, -0.05) is 47.7 Å². The van der Waals surface area contributed by atoms with Crippen LogP contribution in [0.3, 0.4) is 0 Å². The van der Waals surface area contributed by atoms with E-state index >= 15 is 0 Å². The van der Waals surface area contributed by atoms with Gasteiger partial charge in [0.2, 0.25) is 0 Å². The van der Waals surface area contributed by atoms with Gasteiger partial charge in [0.05, 0.1) is 12.7 Å². The second-order valence-corrected chi connectivity index (χ2v) is 6.79. The average Bonchev–Trinajstić information content (AvgIpc) is 3.15. The van der Waals surface area contributed by atoms with Gasteiger partial charge in [-0.3, -0.25) is 10.0 Å². The first-order valence-electron chi connectivity index (χ1n) is 8.89. The maximum absolute atomic E-state index is 11.1. The van der Waals surface area contributed by atoms with Crippen LogP contribution in [0.4, 0.5) is 0 Å². The Morgan fingerprint density at radius 1 is 1.18 bits per heavy atom. The summed E-state index contributed by atoms with van der Waals surface area (Å²) in [5, 5.41) is 17.0. The molecule has 0 aliphatic rings. The monoisotopic (exact) mass is 377 g/mol. The lowest BCUT2D eigenvalue weighted by atomic mass is 10.1.